The Morgan fingerprint density at radius 3 is 1.86 bits per heavy atom. The number of carboxylic acid groups (broad SMARTS) is 1. The van der Waals surface area contributed by atoms with E-state index in [2.05, 4.69) is 6.92 Å². The minimum atomic E-state index is -0.756. The second kappa shape index (κ2) is 22.6. The van der Waals surface area contributed by atoms with Gasteiger partial charge >= 0.3 is 5.97 Å². The molecule has 0 spiro atoms. The number of rotatable bonds is 18. The number of aliphatic hydroxyl groups is 2. The molecule has 0 saturated heterocycles. The summed E-state index contributed by atoms with van der Waals surface area (Å²) in [5.74, 6) is -0.670. The molecule has 0 heterocycles. The molecule has 0 bridgehead atoms. The van der Waals surface area contributed by atoms with E-state index < -0.39 is 10.3 Å². The standard InChI is InChI=1S/C20H38O5.CHCl3/c1-2-3-6-12-18(22)13-9-11-17(19(23)15-16-21)10-7-4-5-8-14-20(24)25;2-1(3)4/h17-18,21-22H,2-16H2,1H3,(H,24,25);1H. The second-order valence-electron chi connectivity index (χ2n) is 7.31. The largest absolute Gasteiger partial charge is 0.481 e. The van der Waals surface area contributed by atoms with E-state index in [0.717, 1.165) is 70.6 Å². The van der Waals surface area contributed by atoms with Crippen LogP contribution in [0.15, 0.2) is 0 Å². The molecule has 0 aromatic carbocycles. The normalized spacial score (nSPS) is 12.9. The summed E-state index contributed by atoms with van der Waals surface area (Å²) in [4.78, 5) is 22.6. The van der Waals surface area contributed by atoms with Crippen molar-refractivity contribution in [2.75, 3.05) is 6.61 Å². The number of halogens is 3. The molecule has 29 heavy (non-hydrogen) atoms. The number of carbonyl (C=O) groups excluding carboxylic acids is 1. The zero-order chi connectivity index (χ0) is 22.5. The smallest absolute Gasteiger partial charge is 0.303 e. The van der Waals surface area contributed by atoms with Crippen molar-refractivity contribution in [3.8, 4) is 0 Å². The Morgan fingerprint density at radius 1 is 0.793 bits per heavy atom. The number of hydrogen-bond donors (Lipinski definition) is 3. The molecule has 0 radical (unpaired) electrons. The molecule has 8 heteroatoms. The van der Waals surface area contributed by atoms with E-state index >= 15 is 0 Å². The molecule has 174 valence electrons. The number of alkyl halides is 3. The highest BCUT2D eigenvalue weighted by Crippen LogP contribution is 2.21. The molecule has 2 unspecified atom stereocenters. The van der Waals surface area contributed by atoms with Crippen LogP contribution in [-0.2, 0) is 9.59 Å². The topological polar surface area (TPSA) is 94.8 Å². The summed E-state index contributed by atoms with van der Waals surface area (Å²) in [5.41, 5.74) is 0. The Bertz CT molecular complexity index is 392. The van der Waals surface area contributed by atoms with Crippen molar-refractivity contribution in [2.24, 2.45) is 5.92 Å². The zero-order valence-corrected chi connectivity index (χ0v) is 19.9. The number of aliphatic hydroxyl groups excluding tert-OH is 2. The fourth-order valence-electron chi connectivity index (χ4n) is 3.18. The molecule has 3 N–H and O–H groups in total. The lowest BCUT2D eigenvalue weighted by molar-refractivity contribution is -0.137. The Labute approximate surface area is 191 Å². The van der Waals surface area contributed by atoms with Gasteiger partial charge in [0.05, 0.1) is 6.10 Å². The summed E-state index contributed by atoms with van der Waals surface area (Å²) >= 11 is 14.4. The maximum Gasteiger partial charge on any atom is 0.303 e. The average molecular weight is 478 g/mol. The monoisotopic (exact) mass is 476 g/mol. The number of aliphatic carboxylic acids is 1. The van der Waals surface area contributed by atoms with Gasteiger partial charge in [-0.15, -0.1) is 0 Å². The molecular weight excluding hydrogens is 439 g/mol. The first-order chi connectivity index (χ1) is 13.7. The van der Waals surface area contributed by atoms with E-state index in [1.165, 1.54) is 0 Å². The molecule has 0 aliphatic heterocycles. The number of Topliss-reactive ketones (excluding diaryl/α,β-unsaturated/α-hetero) is 1. The number of carboxylic acids is 1. The summed E-state index contributed by atoms with van der Waals surface area (Å²) in [6.07, 6.45) is 10.9. The van der Waals surface area contributed by atoms with Gasteiger partial charge in [0.15, 0.2) is 4.30 Å². The van der Waals surface area contributed by atoms with Crippen molar-refractivity contribution >= 4 is 46.6 Å². The average Bonchev–Trinajstić information content (AvgIpc) is 2.62. The van der Waals surface area contributed by atoms with Gasteiger partial charge in [0, 0.05) is 25.4 Å². The van der Waals surface area contributed by atoms with Crippen LogP contribution in [0.3, 0.4) is 0 Å². The van der Waals surface area contributed by atoms with Gasteiger partial charge in [0.1, 0.15) is 5.78 Å². The van der Waals surface area contributed by atoms with Crippen molar-refractivity contribution in [2.45, 2.75) is 107 Å². The summed E-state index contributed by atoms with van der Waals surface area (Å²) < 4.78 is -0.750. The molecule has 2 atom stereocenters. The predicted octanol–water partition coefficient (Wildman–Crippen LogP) is 6.08. The lowest BCUT2D eigenvalue weighted by Crippen LogP contribution is -2.17. The van der Waals surface area contributed by atoms with Gasteiger partial charge in [-0.05, 0) is 32.1 Å². The van der Waals surface area contributed by atoms with Gasteiger partial charge in [0.25, 0.3) is 0 Å². The van der Waals surface area contributed by atoms with Crippen LogP contribution < -0.4 is 0 Å². The molecule has 5 nitrogen and oxygen atoms in total. The van der Waals surface area contributed by atoms with E-state index in [1.807, 2.05) is 0 Å². The second-order valence-corrected chi connectivity index (χ2v) is 9.29. The number of unbranched alkanes of at least 4 members (excludes halogenated alkanes) is 5. The lowest BCUT2D eigenvalue weighted by Gasteiger charge is -2.17. The molecular formula is C21H39Cl3O5. The first-order valence-corrected chi connectivity index (χ1v) is 12.0. The zero-order valence-electron chi connectivity index (χ0n) is 17.6. The number of ketones is 1. The van der Waals surface area contributed by atoms with Crippen molar-refractivity contribution < 1.29 is 24.9 Å². The third-order valence-electron chi connectivity index (χ3n) is 4.74. The summed E-state index contributed by atoms with van der Waals surface area (Å²) in [5, 5.41) is 27.6. The first kappa shape index (κ1) is 31.1. The van der Waals surface area contributed by atoms with Crippen LogP contribution in [0.25, 0.3) is 0 Å². The van der Waals surface area contributed by atoms with Crippen molar-refractivity contribution in [3.05, 3.63) is 0 Å². The fraction of sp³-hybridized carbons (Fsp3) is 0.905. The van der Waals surface area contributed by atoms with E-state index in [4.69, 9.17) is 45.0 Å². The van der Waals surface area contributed by atoms with Gasteiger partial charge in [0.2, 0.25) is 0 Å². The highest BCUT2D eigenvalue weighted by molar-refractivity contribution is 6.63. The predicted molar refractivity (Wildman–Crippen MR) is 121 cm³/mol. The van der Waals surface area contributed by atoms with Crippen LogP contribution in [-0.4, -0.2) is 44.1 Å². The summed E-state index contributed by atoms with van der Waals surface area (Å²) in [7, 11) is 0. The van der Waals surface area contributed by atoms with E-state index in [-0.39, 0.29) is 37.3 Å². The van der Waals surface area contributed by atoms with Gasteiger partial charge in [-0.25, -0.2) is 0 Å². The van der Waals surface area contributed by atoms with E-state index in [0.29, 0.717) is 6.42 Å². The van der Waals surface area contributed by atoms with Crippen LogP contribution in [0.2, 0.25) is 0 Å². The van der Waals surface area contributed by atoms with Crippen LogP contribution in [0, 0.1) is 5.92 Å². The molecule has 0 fully saturated rings. The van der Waals surface area contributed by atoms with Crippen LogP contribution in [0.5, 0.6) is 0 Å². The van der Waals surface area contributed by atoms with Gasteiger partial charge in [-0.2, -0.15) is 0 Å². The summed E-state index contributed by atoms with van der Waals surface area (Å²) in [6.45, 7) is 2.04. The SMILES string of the molecule is CCCCCC(O)CCCC(CCCCCCC(=O)O)C(=O)CCO.ClC(Cl)Cl. The lowest BCUT2D eigenvalue weighted by atomic mass is 9.89. The third-order valence-corrected chi connectivity index (χ3v) is 4.74. The fourth-order valence-corrected chi connectivity index (χ4v) is 3.18. The summed E-state index contributed by atoms with van der Waals surface area (Å²) in [6, 6.07) is 0. The quantitative estimate of drug-likeness (QED) is 0.164. The third kappa shape index (κ3) is 25.9. The Hall–Kier alpha value is -0.0700. The molecule has 0 aromatic rings. The van der Waals surface area contributed by atoms with E-state index in [1.54, 1.807) is 0 Å². The van der Waals surface area contributed by atoms with E-state index in [9.17, 15) is 14.7 Å². The maximum atomic E-state index is 12.1. The highest BCUT2D eigenvalue weighted by atomic mass is 35.6. The number of hydrogen-bond acceptors (Lipinski definition) is 4. The molecule has 0 aliphatic rings. The molecule has 0 rings (SSSR count). The van der Waals surface area contributed by atoms with Crippen LogP contribution in [0.4, 0.5) is 0 Å². The maximum absolute atomic E-state index is 12.1. The van der Waals surface area contributed by atoms with Gasteiger partial charge in [-0.1, -0.05) is 86.7 Å². The molecule has 0 saturated carbocycles. The van der Waals surface area contributed by atoms with Crippen LogP contribution >= 0.6 is 34.8 Å². The Kier molecular flexibility index (Phi) is 24.3. The van der Waals surface area contributed by atoms with Crippen LogP contribution in [0.1, 0.15) is 96.8 Å². The van der Waals surface area contributed by atoms with Crippen molar-refractivity contribution in [1.29, 1.82) is 0 Å². The van der Waals surface area contributed by atoms with Gasteiger partial charge < -0.3 is 15.3 Å². The molecule has 0 aromatic heterocycles. The Balaban J connectivity index is 0. The molecule has 0 aliphatic carbocycles. The van der Waals surface area contributed by atoms with Gasteiger partial charge in [-0.3, -0.25) is 9.59 Å². The van der Waals surface area contributed by atoms with Crippen molar-refractivity contribution in [1.82, 2.24) is 0 Å². The first-order valence-electron chi connectivity index (χ1n) is 10.7. The van der Waals surface area contributed by atoms with Crippen molar-refractivity contribution in [3.63, 3.8) is 0 Å². The Morgan fingerprint density at radius 2 is 1.31 bits per heavy atom. The highest BCUT2D eigenvalue weighted by Gasteiger charge is 2.18. The minimum absolute atomic E-state index is 0.0329. The number of carbonyl (C=O) groups is 2. The minimum Gasteiger partial charge on any atom is -0.481 e. The molecule has 0 amide bonds.